The second kappa shape index (κ2) is 13.5. The first-order valence-electron chi connectivity index (χ1n) is 14.4. The summed E-state index contributed by atoms with van der Waals surface area (Å²) >= 11 is 6.38. The van der Waals surface area contributed by atoms with E-state index in [9.17, 15) is 13.2 Å². The standard InChI is InChI=1S/C30H38ClN7O4S/c1-20(39)37-15-11-24(12-16-37)38-13-9-21(10-14-38)22-7-8-27(28(17-22)42-2)35-30-33-18-25(31)29(36-30)34-26-6-4-3-5-23(26)19-43(32,40)41/h3-8,17-18,21,24H,9-16,19H2,1-2H3,(H2,32,40,41)(H2,33,34,35,36). The van der Waals surface area contributed by atoms with E-state index >= 15 is 0 Å². The van der Waals surface area contributed by atoms with Crippen LogP contribution in [0.1, 0.15) is 49.7 Å². The number of aromatic nitrogens is 2. The van der Waals surface area contributed by atoms with Crippen molar-refractivity contribution in [1.82, 2.24) is 19.8 Å². The van der Waals surface area contributed by atoms with Gasteiger partial charge in [0.2, 0.25) is 21.9 Å². The Bertz CT molecular complexity index is 1560. The van der Waals surface area contributed by atoms with E-state index in [1.807, 2.05) is 11.0 Å². The maximum absolute atomic E-state index is 11.7. The van der Waals surface area contributed by atoms with E-state index in [2.05, 4.69) is 37.6 Å². The lowest BCUT2D eigenvalue weighted by molar-refractivity contribution is -0.130. The van der Waals surface area contributed by atoms with E-state index in [-0.39, 0.29) is 16.7 Å². The molecule has 43 heavy (non-hydrogen) atoms. The van der Waals surface area contributed by atoms with Gasteiger partial charge in [0.15, 0.2) is 5.82 Å². The number of rotatable bonds is 9. The molecule has 0 unspecified atom stereocenters. The molecule has 2 saturated heterocycles. The number of hydrogen-bond donors (Lipinski definition) is 3. The summed E-state index contributed by atoms with van der Waals surface area (Å²) in [5.74, 6) is 1.58. The Balaban J connectivity index is 1.24. The molecule has 2 aliphatic heterocycles. The molecule has 0 aliphatic carbocycles. The third-order valence-corrected chi connectivity index (χ3v) is 9.26. The van der Waals surface area contributed by atoms with E-state index in [4.69, 9.17) is 21.5 Å². The minimum atomic E-state index is -3.73. The zero-order valence-corrected chi connectivity index (χ0v) is 26.0. The minimum Gasteiger partial charge on any atom is -0.495 e. The van der Waals surface area contributed by atoms with Crippen molar-refractivity contribution in [3.8, 4) is 5.75 Å². The van der Waals surface area contributed by atoms with Crippen molar-refractivity contribution in [2.24, 2.45) is 5.14 Å². The summed E-state index contributed by atoms with van der Waals surface area (Å²) in [6.07, 6.45) is 5.71. The fraction of sp³-hybridized carbons (Fsp3) is 0.433. The lowest BCUT2D eigenvalue weighted by Gasteiger charge is -2.41. The largest absolute Gasteiger partial charge is 0.495 e. The maximum Gasteiger partial charge on any atom is 0.229 e. The van der Waals surface area contributed by atoms with Crippen LogP contribution in [0.2, 0.25) is 5.02 Å². The molecule has 13 heteroatoms. The van der Waals surface area contributed by atoms with Crippen LogP contribution in [0.25, 0.3) is 0 Å². The molecule has 2 fully saturated rings. The molecule has 0 radical (unpaired) electrons. The number of methoxy groups -OCH3 is 1. The van der Waals surface area contributed by atoms with Gasteiger partial charge in [0.05, 0.1) is 24.7 Å². The summed E-state index contributed by atoms with van der Waals surface area (Å²) in [5.41, 5.74) is 2.97. The van der Waals surface area contributed by atoms with Gasteiger partial charge in [-0.1, -0.05) is 35.9 Å². The first-order valence-corrected chi connectivity index (χ1v) is 16.5. The van der Waals surface area contributed by atoms with Crippen LogP contribution in [0.4, 0.5) is 23.1 Å². The van der Waals surface area contributed by atoms with Gasteiger partial charge in [-0.15, -0.1) is 0 Å². The Hall–Kier alpha value is -3.45. The molecule has 230 valence electrons. The predicted octanol–water partition coefficient (Wildman–Crippen LogP) is 4.60. The lowest BCUT2D eigenvalue weighted by atomic mass is 9.87. The highest BCUT2D eigenvalue weighted by atomic mass is 35.5. The molecule has 2 aromatic carbocycles. The summed E-state index contributed by atoms with van der Waals surface area (Å²) in [7, 11) is -2.09. The van der Waals surface area contributed by atoms with E-state index in [1.54, 1.807) is 38.3 Å². The van der Waals surface area contributed by atoms with Crippen molar-refractivity contribution in [3.05, 3.63) is 64.8 Å². The van der Waals surface area contributed by atoms with Crippen LogP contribution < -0.4 is 20.5 Å². The van der Waals surface area contributed by atoms with Crippen molar-refractivity contribution < 1.29 is 17.9 Å². The maximum atomic E-state index is 11.7. The highest BCUT2D eigenvalue weighted by molar-refractivity contribution is 7.88. The molecule has 0 spiro atoms. The van der Waals surface area contributed by atoms with Crippen molar-refractivity contribution in [2.45, 2.75) is 50.3 Å². The van der Waals surface area contributed by atoms with E-state index in [0.29, 0.717) is 46.4 Å². The second-order valence-electron chi connectivity index (χ2n) is 11.1. The van der Waals surface area contributed by atoms with E-state index in [0.717, 1.165) is 51.9 Å². The number of sulfonamides is 1. The number of piperidine rings is 2. The van der Waals surface area contributed by atoms with Gasteiger partial charge in [0.1, 0.15) is 10.8 Å². The Morgan fingerprint density at radius 1 is 1.05 bits per heavy atom. The molecule has 3 heterocycles. The van der Waals surface area contributed by atoms with Crippen molar-refractivity contribution in [1.29, 1.82) is 0 Å². The van der Waals surface area contributed by atoms with Gasteiger partial charge in [0.25, 0.3) is 0 Å². The number of amides is 1. The van der Waals surface area contributed by atoms with Gasteiger partial charge in [-0.2, -0.15) is 4.98 Å². The van der Waals surface area contributed by atoms with E-state index < -0.39 is 10.0 Å². The third kappa shape index (κ3) is 7.94. The lowest BCUT2D eigenvalue weighted by Crippen LogP contribution is -2.48. The van der Waals surface area contributed by atoms with Gasteiger partial charge < -0.3 is 25.2 Å². The summed E-state index contributed by atoms with van der Waals surface area (Å²) in [6, 6.07) is 13.6. The van der Waals surface area contributed by atoms with Crippen molar-refractivity contribution >= 4 is 50.7 Å². The number of likely N-dealkylation sites (tertiary alicyclic amines) is 2. The fourth-order valence-electron chi connectivity index (χ4n) is 5.96. The van der Waals surface area contributed by atoms with Gasteiger partial charge >= 0.3 is 0 Å². The number of carbonyl (C=O) groups is 1. The number of nitrogens with zero attached hydrogens (tertiary/aromatic N) is 4. The number of nitrogens with two attached hydrogens (primary N) is 1. The number of primary sulfonamides is 1. The molecule has 1 aromatic heterocycles. The number of para-hydroxylation sites is 1. The molecule has 0 atom stereocenters. The number of benzene rings is 2. The molecule has 1 amide bonds. The molecule has 0 saturated carbocycles. The van der Waals surface area contributed by atoms with Crippen LogP contribution in [0.15, 0.2) is 48.7 Å². The van der Waals surface area contributed by atoms with Gasteiger partial charge in [-0.3, -0.25) is 4.79 Å². The van der Waals surface area contributed by atoms with Crippen LogP contribution >= 0.6 is 11.6 Å². The minimum absolute atomic E-state index is 0.174. The highest BCUT2D eigenvalue weighted by Gasteiger charge is 2.29. The quantitative estimate of drug-likeness (QED) is 0.310. The highest BCUT2D eigenvalue weighted by Crippen LogP contribution is 2.36. The van der Waals surface area contributed by atoms with Crippen LogP contribution in [0.3, 0.4) is 0 Å². The first kappa shape index (κ1) is 31.0. The third-order valence-electron chi connectivity index (χ3n) is 8.27. The SMILES string of the molecule is COc1cc(C2CCN(C3CCN(C(C)=O)CC3)CC2)ccc1Nc1ncc(Cl)c(Nc2ccccc2CS(N)(=O)=O)n1. The normalized spacial score (nSPS) is 17.1. The average molecular weight is 628 g/mol. The number of nitrogens with one attached hydrogen (secondary N) is 2. The molecular weight excluding hydrogens is 590 g/mol. The van der Waals surface area contributed by atoms with Crippen LogP contribution in [-0.4, -0.2) is 73.4 Å². The summed E-state index contributed by atoms with van der Waals surface area (Å²) < 4.78 is 29.1. The van der Waals surface area contributed by atoms with Gasteiger partial charge in [0, 0.05) is 31.7 Å². The van der Waals surface area contributed by atoms with Crippen LogP contribution in [-0.2, 0) is 20.6 Å². The Kier molecular flexibility index (Phi) is 9.70. The van der Waals surface area contributed by atoms with Gasteiger partial charge in [-0.05, 0) is 74.0 Å². The predicted molar refractivity (Wildman–Crippen MR) is 169 cm³/mol. The molecule has 11 nitrogen and oxygen atoms in total. The van der Waals surface area contributed by atoms with Crippen molar-refractivity contribution in [3.63, 3.8) is 0 Å². The van der Waals surface area contributed by atoms with Crippen LogP contribution in [0.5, 0.6) is 5.75 Å². The average Bonchev–Trinajstić information content (AvgIpc) is 2.99. The van der Waals surface area contributed by atoms with E-state index in [1.165, 1.54) is 11.8 Å². The Morgan fingerprint density at radius 2 is 1.77 bits per heavy atom. The molecule has 2 aliphatic rings. The number of carbonyl (C=O) groups excluding carboxylic acids is 1. The summed E-state index contributed by atoms with van der Waals surface area (Å²) in [5, 5.41) is 11.9. The fourth-order valence-corrected chi connectivity index (χ4v) is 6.78. The molecule has 0 bridgehead atoms. The molecular formula is C30H38ClN7O4S. The topological polar surface area (TPSA) is 143 Å². The number of anilines is 4. The molecule has 5 rings (SSSR count). The monoisotopic (exact) mass is 627 g/mol. The van der Waals surface area contributed by atoms with Crippen molar-refractivity contribution in [2.75, 3.05) is 43.9 Å². The smallest absolute Gasteiger partial charge is 0.229 e. The first-order chi connectivity index (χ1) is 20.6. The number of halogens is 1. The van der Waals surface area contributed by atoms with Gasteiger partial charge in [-0.25, -0.2) is 18.5 Å². The molecule has 4 N–H and O–H groups in total. The van der Waals surface area contributed by atoms with Crippen LogP contribution in [0, 0.1) is 0 Å². The zero-order chi connectivity index (χ0) is 30.6. The zero-order valence-electron chi connectivity index (χ0n) is 24.4. The number of hydrogen-bond acceptors (Lipinski definition) is 9. The Morgan fingerprint density at radius 3 is 2.44 bits per heavy atom. The summed E-state index contributed by atoms with van der Waals surface area (Å²) in [6.45, 7) is 5.46. The number of ether oxygens (including phenoxy) is 1. The Labute approximate surface area is 257 Å². The molecule has 3 aromatic rings. The second-order valence-corrected chi connectivity index (χ2v) is 13.1. The summed E-state index contributed by atoms with van der Waals surface area (Å²) in [4.78, 5) is 25.1.